The van der Waals surface area contributed by atoms with Gasteiger partial charge in [0.05, 0.1) is 6.54 Å². The summed E-state index contributed by atoms with van der Waals surface area (Å²) in [7, 11) is 0. The molecule has 0 radical (unpaired) electrons. The first-order valence-corrected chi connectivity index (χ1v) is 4.98. The molecule has 0 saturated heterocycles. The zero-order valence-electron chi connectivity index (χ0n) is 8.72. The molecule has 0 unspecified atom stereocenters. The monoisotopic (exact) mass is 209 g/mol. The molecule has 0 spiro atoms. The van der Waals surface area contributed by atoms with Crippen LogP contribution in [0.5, 0.6) is 0 Å². The van der Waals surface area contributed by atoms with E-state index in [1.54, 1.807) is 6.33 Å². The molecule has 0 amide bonds. The van der Waals surface area contributed by atoms with Crippen molar-refractivity contribution in [3.63, 3.8) is 0 Å². The van der Waals surface area contributed by atoms with Crippen molar-refractivity contribution in [1.82, 2.24) is 25.1 Å². The number of aromatic nitrogens is 3. The molecule has 1 aromatic rings. The fourth-order valence-electron chi connectivity index (χ4n) is 1.63. The molecule has 1 aliphatic rings. The van der Waals surface area contributed by atoms with Gasteiger partial charge in [-0.2, -0.15) is 0 Å². The Labute approximate surface area is 88.0 Å². The van der Waals surface area contributed by atoms with Gasteiger partial charge < -0.3 is 9.47 Å². The Bertz CT molecular complexity index is 356. The minimum absolute atomic E-state index is 0.697. The van der Waals surface area contributed by atoms with Crippen LogP contribution in [0.2, 0.25) is 0 Å². The fraction of sp³-hybridized carbons (Fsp3) is 0.625. The lowest BCUT2D eigenvalue weighted by Gasteiger charge is -2.29. The van der Waals surface area contributed by atoms with E-state index in [0.717, 1.165) is 18.9 Å². The molecule has 82 valence electrons. The van der Waals surface area contributed by atoms with E-state index in [1.807, 2.05) is 11.5 Å². The number of hydrogen-bond donors (Lipinski definition) is 2. The van der Waals surface area contributed by atoms with E-state index in [0.29, 0.717) is 19.0 Å². The topological polar surface area (TPSA) is 84.4 Å². The van der Waals surface area contributed by atoms with Gasteiger partial charge in [-0.3, -0.25) is 10.4 Å². The second-order valence-electron chi connectivity index (χ2n) is 3.30. The number of nitrogens with zero attached hydrogens (tertiary/aromatic N) is 5. The van der Waals surface area contributed by atoms with Gasteiger partial charge in [-0.15, -0.1) is 10.2 Å². The van der Waals surface area contributed by atoms with E-state index in [-0.39, 0.29) is 0 Å². The molecule has 1 aromatic heterocycles. The number of aliphatic imine (C=N–C) groups is 1. The maximum absolute atomic E-state index is 5.42. The maximum Gasteiger partial charge on any atom is 0.208 e. The molecule has 0 aliphatic carbocycles. The van der Waals surface area contributed by atoms with Crippen LogP contribution in [-0.2, 0) is 13.1 Å². The van der Waals surface area contributed by atoms with Gasteiger partial charge >= 0.3 is 0 Å². The summed E-state index contributed by atoms with van der Waals surface area (Å²) in [5, 5.41) is 7.90. The lowest BCUT2D eigenvalue weighted by molar-refractivity contribution is 0.319. The Morgan fingerprint density at radius 3 is 3.27 bits per heavy atom. The van der Waals surface area contributed by atoms with E-state index in [1.165, 1.54) is 0 Å². The van der Waals surface area contributed by atoms with E-state index in [2.05, 4.69) is 25.5 Å². The molecular weight excluding hydrogens is 194 g/mol. The summed E-state index contributed by atoms with van der Waals surface area (Å²) in [6.45, 7) is 5.12. The van der Waals surface area contributed by atoms with Crippen molar-refractivity contribution in [2.75, 3.05) is 13.1 Å². The second kappa shape index (κ2) is 4.26. The SMILES string of the molecule is CCN=C(NN)N1CCn2cnnc2C1. The van der Waals surface area contributed by atoms with Gasteiger partial charge in [0.25, 0.3) is 0 Å². The first-order valence-electron chi connectivity index (χ1n) is 4.98. The Kier molecular flexibility index (Phi) is 2.82. The molecule has 0 bridgehead atoms. The third-order valence-corrected chi connectivity index (χ3v) is 2.38. The zero-order valence-corrected chi connectivity index (χ0v) is 8.72. The number of nitrogens with two attached hydrogens (primary N) is 1. The van der Waals surface area contributed by atoms with Gasteiger partial charge in [-0.1, -0.05) is 0 Å². The maximum atomic E-state index is 5.42. The van der Waals surface area contributed by atoms with E-state index in [9.17, 15) is 0 Å². The molecule has 7 nitrogen and oxygen atoms in total. The molecule has 15 heavy (non-hydrogen) atoms. The van der Waals surface area contributed by atoms with E-state index >= 15 is 0 Å². The van der Waals surface area contributed by atoms with Crippen molar-refractivity contribution in [2.45, 2.75) is 20.0 Å². The number of hydrazine groups is 1. The lowest BCUT2D eigenvalue weighted by Crippen LogP contribution is -2.47. The summed E-state index contributed by atoms with van der Waals surface area (Å²) in [6.07, 6.45) is 1.75. The normalized spacial score (nSPS) is 16.4. The van der Waals surface area contributed by atoms with Crippen LogP contribution in [0.15, 0.2) is 11.3 Å². The van der Waals surface area contributed by atoms with Crippen molar-refractivity contribution in [1.29, 1.82) is 0 Å². The Balaban J connectivity index is 2.12. The van der Waals surface area contributed by atoms with Crippen LogP contribution in [0.3, 0.4) is 0 Å². The summed E-state index contributed by atoms with van der Waals surface area (Å²) >= 11 is 0. The smallest absolute Gasteiger partial charge is 0.208 e. The van der Waals surface area contributed by atoms with Gasteiger partial charge in [0.2, 0.25) is 5.96 Å². The molecule has 2 rings (SSSR count). The first kappa shape index (κ1) is 9.91. The summed E-state index contributed by atoms with van der Waals surface area (Å²) in [5.41, 5.74) is 2.61. The van der Waals surface area contributed by atoms with Crippen LogP contribution in [-0.4, -0.2) is 38.7 Å². The largest absolute Gasteiger partial charge is 0.333 e. The van der Waals surface area contributed by atoms with Gasteiger partial charge in [0.1, 0.15) is 6.33 Å². The third-order valence-electron chi connectivity index (χ3n) is 2.38. The van der Waals surface area contributed by atoms with Gasteiger partial charge in [-0.05, 0) is 6.92 Å². The van der Waals surface area contributed by atoms with Crippen LogP contribution in [0, 0.1) is 0 Å². The van der Waals surface area contributed by atoms with Crippen molar-refractivity contribution in [2.24, 2.45) is 10.8 Å². The quantitative estimate of drug-likeness (QED) is 0.266. The number of hydrogen-bond acceptors (Lipinski definition) is 4. The highest BCUT2D eigenvalue weighted by molar-refractivity contribution is 5.79. The molecule has 0 aromatic carbocycles. The summed E-state index contributed by atoms with van der Waals surface area (Å²) in [5.74, 6) is 7.08. The molecule has 3 N–H and O–H groups in total. The highest BCUT2D eigenvalue weighted by atomic mass is 15.4. The highest BCUT2D eigenvalue weighted by Gasteiger charge is 2.19. The number of nitrogens with one attached hydrogen (secondary N) is 1. The molecule has 0 fully saturated rings. The fourth-order valence-corrected chi connectivity index (χ4v) is 1.63. The van der Waals surface area contributed by atoms with Crippen molar-refractivity contribution >= 4 is 5.96 Å². The number of guanidine groups is 1. The van der Waals surface area contributed by atoms with Gasteiger partial charge in [0, 0.05) is 19.6 Å². The minimum Gasteiger partial charge on any atom is -0.333 e. The standard InChI is InChI=1S/C8H15N7/c1-2-10-8(12-9)14-3-4-15-6-11-13-7(15)5-14/h6H,2-5,9H2,1H3,(H,10,12). The Morgan fingerprint density at radius 1 is 1.67 bits per heavy atom. The predicted octanol–water partition coefficient (Wildman–Crippen LogP) is -1.07. The predicted molar refractivity (Wildman–Crippen MR) is 55.7 cm³/mol. The molecule has 0 saturated carbocycles. The van der Waals surface area contributed by atoms with Crippen LogP contribution < -0.4 is 11.3 Å². The Morgan fingerprint density at radius 2 is 2.53 bits per heavy atom. The van der Waals surface area contributed by atoms with Gasteiger partial charge in [-0.25, -0.2) is 5.84 Å². The van der Waals surface area contributed by atoms with E-state index in [4.69, 9.17) is 5.84 Å². The molecule has 2 heterocycles. The van der Waals surface area contributed by atoms with Gasteiger partial charge in [0.15, 0.2) is 5.82 Å². The third kappa shape index (κ3) is 1.91. The van der Waals surface area contributed by atoms with Crippen molar-refractivity contribution in [3.8, 4) is 0 Å². The van der Waals surface area contributed by atoms with Crippen molar-refractivity contribution in [3.05, 3.63) is 12.2 Å². The molecule has 7 heteroatoms. The first-order chi connectivity index (χ1) is 7.35. The average Bonchev–Trinajstić information content (AvgIpc) is 2.72. The molecular formula is C8H15N7. The molecule has 1 aliphatic heterocycles. The number of rotatable bonds is 1. The van der Waals surface area contributed by atoms with E-state index < -0.39 is 0 Å². The number of fused-ring (bicyclic) bond motifs is 1. The van der Waals surface area contributed by atoms with Crippen LogP contribution >= 0.6 is 0 Å². The summed E-state index contributed by atoms with van der Waals surface area (Å²) in [6, 6.07) is 0. The average molecular weight is 209 g/mol. The van der Waals surface area contributed by atoms with Crippen LogP contribution in [0.1, 0.15) is 12.7 Å². The lowest BCUT2D eigenvalue weighted by atomic mass is 10.4. The summed E-state index contributed by atoms with van der Waals surface area (Å²) < 4.78 is 2.04. The summed E-state index contributed by atoms with van der Waals surface area (Å²) in [4.78, 5) is 6.34. The van der Waals surface area contributed by atoms with Crippen LogP contribution in [0.4, 0.5) is 0 Å². The van der Waals surface area contributed by atoms with Crippen molar-refractivity contribution < 1.29 is 0 Å². The highest BCUT2D eigenvalue weighted by Crippen LogP contribution is 2.08. The van der Waals surface area contributed by atoms with Crippen LogP contribution in [0.25, 0.3) is 0 Å². The second-order valence-corrected chi connectivity index (χ2v) is 3.30. The minimum atomic E-state index is 0.697. The zero-order chi connectivity index (χ0) is 10.7. The Hall–Kier alpha value is -1.63. The molecule has 0 atom stereocenters.